The molecule has 1 heterocycles. The summed E-state index contributed by atoms with van der Waals surface area (Å²) >= 11 is 1.03. The summed E-state index contributed by atoms with van der Waals surface area (Å²) in [6.07, 6.45) is 1.27. The molecule has 150 valence electrons. The fraction of sp³-hybridized carbons (Fsp3) is 0.227. The Kier molecular flexibility index (Phi) is 7.88. The third kappa shape index (κ3) is 5.32. The summed E-state index contributed by atoms with van der Waals surface area (Å²) in [6, 6.07) is 12.4. The van der Waals surface area contributed by atoms with Gasteiger partial charge in [-0.2, -0.15) is 15.8 Å². The molecule has 7 nitrogen and oxygen atoms in total. The first kappa shape index (κ1) is 22.4. The van der Waals surface area contributed by atoms with Crippen molar-refractivity contribution in [3.8, 4) is 24.0 Å². The number of hydrogen-bond donors (Lipinski definition) is 0. The van der Waals surface area contributed by atoms with E-state index in [1.54, 1.807) is 38.1 Å². The number of allylic oxidation sites excluding steroid dienone is 1. The number of rotatable bonds is 8. The summed E-state index contributed by atoms with van der Waals surface area (Å²) < 4.78 is 10.2. The zero-order valence-electron chi connectivity index (χ0n) is 16.4. The molecule has 1 aromatic heterocycles. The Balaban J connectivity index is 2.25. The molecule has 0 saturated heterocycles. The largest absolute Gasteiger partial charge is 0.479 e. The Morgan fingerprint density at radius 1 is 1.17 bits per heavy atom. The molecule has 0 atom stereocenters. The van der Waals surface area contributed by atoms with Crippen LogP contribution in [0.15, 0.2) is 29.8 Å². The average Bonchev–Trinajstić information content (AvgIpc) is 3.06. The van der Waals surface area contributed by atoms with Crippen molar-refractivity contribution in [2.75, 3.05) is 13.2 Å². The highest BCUT2D eigenvalue weighted by molar-refractivity contribution is 7.14. The third-order valence-corrected chi connectivity index (χ3v) is 5.30. The van der Waals surface area contributed by atoms with Crippen molar-refractivity contribution in [1.29, 1.82) is 15.8 Å². The van der Waals surface area contributed by atoms with Crippen molar-refractivity contribution in [1.82, 2.24) is 0 Å². The average molecular weight is 419 g/mol. The van der Waals surface area contributed by atoms with E-state index in [-0.39, 0.29) is 35.6 Å². The smallest absolute Gasteiger partial charge is 0.348 e. The molecule has 0 fully saturated rings. The molecule has 0 N–H and O–H groups in total. The lowest BCUT2D eigenvalue weighted by molar-refractivity contribution is -0.114. The zero-order chi connectivity index (χ0) is 22.1. The molecule has 0 amide bonds. The standard InChI is InChI=1S/C22H17N3O4S/c1-3-28-22(27)21-14(2)18(13-25)20(30-21)11-19(26)16(12-24)10-15-4-6-17(7-5-15)29-9-8-23/h4-7,10H,3,9,11H2,1-2H3/b16-10+. The molecule has 2 rings (SSSR count). The van der Waals surface area contributed by atoms with E-state index in [0.29, 0.717) is 21.8 Å². The van der Waals surface area contributed by atoms with Crippen LogP contribution in [0.2, 0.25) is 0 Å². The van der Waals surface area contributed by atoms with E-state index in [4.69, 9.17) is 14.7 Å². The topological polar surface area (TPSA) is 124 Å². The molecule has 1 aromatic carbocycles. The summed E-state index contributed by atoms with van der Waals surface area (Å²) in [5, 5.41) is 27.4. The van der Waals surface area contributed by atoms with Gasteiger partial charge in [0.2, 0.25) is 0 Å². The number of benzene rings is 1. The maximum Gasteiger partial charge on any atom is 0.348 e. The van der Waals surface area contributed by atoms with Gasteiger partial charge in [-0.05, 0) is 43.2 Å². The second-order valence-corrected chi connectivity index (χ2v) is 7.08. The third-order valence-electron chi connectivity index (χ3n) is 4.03. The summed E-state index contributed by atoms with van der Waals surface area (Å²) in [4.78, 5) is 25.4. The van der Waals surface area contributed by atoms with Crippen LogP contribution in [0.4, 0.5) is 0 Å². The van der Waals surface area contributed by atoms with Gasteiger partial charge in [-0.15, -0.1) is 11.3 Å². The van der Waals surface area contributed by atoms with Crippen molar-refractivity contribution >= 4 is 29.2 Å². The lowest BCUT2D eigenvalue weighted by atomic mass is 10.0. The van der Waals surface area contributed by atoms with Crippen molar-refractivity contribution in [2.45, 2.75) is 20.3 Å². The van der Waals surface area contributed by atoms with E-state index in [9.17, 15) is 20.1 Å². The molecule has 0 spiro atoms. The Labute approximate surface area is 178 Å². The minimum atomic E-state index is -0.537. The Morgan fingerprint density at radius 2 is 1.87 bits per heavy atom. The first-order valence-corrected chi connectivity index (χ1v) is 9.71. The van der Waals surface area contributed by atoms with Crippen LogP contribution in [0.3, 0.4) is 0 Å². The lowest BCUT2D eigenvalue weighted by Crippen LogP contribution is -2.05. The number of Topliss-reactive ketones (excluding diaryl/α,β-unsaturated/α-hetero) is 1. The van der Waals surface area contributed by atoms with Crippen LogP contribution in [0, 0.1) is 40.9 Å². The van der Waals surface area contributed by atoms with Crippen molar-refractivity contribution in [3.05, 3.63) is 56.3 Å². The van der Waals surface area contributed by atoms with Gasteiger partial charge in [0.15, 0.2) is 12.4 Å². The molecular formula is C22H17N3O4S. The highest BCUT2D eigenvalue weighted by Gasteiger charge is 2.23. The number of carbonyl (C=O) groups is 2. The second kappa shape index (κ2) is 10.6. The quantitative estimate of drug-likeness (QED) is 0.363. The van der Waals surface area contributed by atoms with Crippen molar-refractivity contribution in [2.24, 2.45) is 0 Å². The number of nitrogens with zero attached hydrogens (tertiary/aromatic N) is 3. The summed E-state index contributed by atoms with van der Waals surface area (Å²) in [7, 11) is 0. The van der Waals surface area contributed by atoms with Crippen LogP contribution in [0.25, 0.3) is 6.08 Å². The van der Waals surface area contributed by atoms with Gasteiger partial charge in [0.1, 0.15) is 28.8 Å². The number of esters is 1. The minimum absolute atomic E-state index is 0.0756. The molecule has 8 heteroatoms. The Hall–Kier alpha value is -3.93. The summed E-state index contributed by atoms with van der Waals surface area (Å²) in [5.74, 6) is -0.502. The molecule has 2 aromatic rings. The number of ketones is 1. The highest BCUT2D eigenvalue weighted by Crippen LogP contribution is 2.29. The van der Waals surface area contributed by atoms with Gasteiger partial charge in [-0.3, -0.25) is 4.79 Å². The van der Waals surface area contributed by atoms with Gasteiger partial charge in [0, 0.05) is 11.3 Å². The molecule has 30 heavy (non-hydrogen) atoms. The first-order valence-electron chi connectivity index (χ1n) is 8.89. The van der Waals surface area contributed by atoms with Crippen molar-refractivity contribution < 1.29 is 19.1 Å². The molecule has 0 aliphatic carbocycles. The van der Waals surface area contributed by atoms with Crippen LogP contribution in [0.5, 0.6) is 5.75 Å². The molecular weight excluding hydrogens is 402 g/mol. The van der Waals surface area contributed by atoms with Crippen molar-refractivity contribution in [3.63, 3.8) is 0 Å². The number of nitriles is 3. The summed E-state index contributed by atoms with van der Waals surface area (Å²) in [5.41, 5.74) is 1.26. The van der Waals surface area contributed by atoms with Crippen LogP contribution in [-0.2, 0) is 16.0 Å². The van der Waals surface area contributed by atoms with E-state index in [1.165, 1.54) is 6.08 Å². The molecule has 0 aliphatic heterocycles. The SMILES string of the molecule is CCOC(=O)c1sc(CC(=O)/C(C#N)=C/c2ccc(OCC#N)cc2)c(C#N)c1C. The van der Waals surface area contributed by atoms with Gasteiger partial charge in [-0.1, -0.05) is 12.1 Å². The Morgan fingerprint density at radius 3 is 2.43 bits per heavy atom. The number of thiophene rings is 1. The molecule has 0 bridgehead atoms. The molecule has 0 aliphatic rings. The fourth-order valence-corrected chi connectivity index (χ4v) is 3.74. The number of hydrogen-bond acceptors (Lipinski definition) is 8. The molecule has 0 unspecified atom stereocenters. The van der Waals surface area contributed by atoms with Crippen LogP contribution >= 0.6 is 11.3 Å². The number of ether oxygens (including phenoxy) is 2. The van der Waals surface area contributed by atoms with Gasteiger partial charge in [0.05, 0.1) is 17.7 Å². The van der Waals surface area contributed by atoms with Crippen LogP contribution < -0.4 is 4.74 Å². The van der Waals surface area contributed by atoms with E-state index in [2.05, 4.69) is 0 Å². The lowest BCUT2D eigenvalue weighted by Gasteiger charge is -2.02. The van der Waals surface area contributed by atoms with Gasteiger partial charge in [-0.25, -0.2) is 4.79 Å². The maximum absolute atomic E-state index is 12.7. The van der Waals surface area contributed by atoms with E-state index in [1.807, 2.05) is 18.2 Å². The monoisotopic (exact) mass is 419 g/mol. The normalized spacial score (nSPS) is 10.4. The van der Waals surface area contributed by atoms with Gasteiger partial charge < -0.3 is 9.47 Å². The predicted octanol–water partition coefficient (Wildman–Crippen LogP) is 3.73. The minimum Gasteiger partial charge on any atom is -0.479 e. The zero-order valence-corrected chi connectivity index (χ0v) is 17.2. The molecule has 0 saturated carbocycles. The molecule has 0 radical (unpaired) electrons. The first-order chi connectivity index (χ1) is 14.4. The second-order valence-electron chi connectivity index (χ2n) is 5.97. The predicted molar refractivity (Wildman–Crippen MR) is 110 cm³/mol. The fourth-order valence-electron chi connectivity index (χ4n) is 2.59. The maximum atomic E-state index is 12.7. The van der Waals surface area contributed by atoms with Crippen LogP contribution in [0.1, 0.15) is 38.2 Å². The van der Waals surface area contributed by atoms with E-state index < -0.39 is 11.8 Å². The van der Waals surface area contributed by atoms with E-state index in [0.717, 1.165) is 11.3 Å². The summed E-state index contributed by atoms with van der Waals surface area (Å²) in [6.45, 7) is 3.44. The van der Waals surface area contributed by atoms with Crippen LogP contribution in [-0.4, -0.2) is 25.0 Å². The number of carbonyl (C=O) groups excluding carboxylic acids is 2. The van der Waals surface area contributed by atoms with Gasteiger partial charge >= 0.3 is 5.97 Å². The van der Waals surface area contributed by atoms with Gasteiger partial charge in [0.25, 0.3) is 0 Å². The highest BCUT2D eigenvalue weighted by atomic mass is 32.1. The van der Waals surface area contributed by atoms with E-state index >= 15 is 0 Å². The Bertz CT molecular complexity index is 1110.